The van der Waals surface area contributed by atoms with Crippen LogP contribution in [0.5, 0.6) is 11.5 Å². The van der Waals surface area contributed by atoms with Gasteiger partial charge in [0.15, 0.2) is 11.5 Å². The van der Waals surface area contributed by atoms with Gasteiger partial charge in [0.1, 0.15) is 0 Å². The summed E-state index contributed by atoms with van der Waals surface area (Å²) in [4.78, 5) is 13.5. The van der Waals surface area contributed by atoms with E-state index in [0.717, 1.165) is 63.1 Å². The van der Waals surface area contributed by atoms with E-state index in [1.807, 2.05) is 4.90 Å². The Morgan fingerprint density at radius 2 is 1.97 bits per heavy atom. The lowest BCUT2D eigenvalue weighted by atomic mass is 9.85. The fourth-order valence-corrected chi connectivity index (χ4v) is 4.25. The van der Waals surface area contributed by atoms with E-state index in [1.165, 1.54) is 24.0 Å². The second-order valence-corrected chi connectivity index (χ2v) is 9.85. The third-order valence-electron chi connectivity index (χ3n) is 6.67. The summed E-state index contributed by atoms with van der Waals surface area (Å²) >= 11 is 0. The Morgan fingerprint density at radius 3 is 2.60 bits per heavy atom. The van der Waals surface area contributed by atoms with E-state index in [1.54, 1.807) is 0 Å². The van der Waals surface area contributed by atoms with Gasteiger partial charge in [-0.2, -0.15) is 0 Å². The first-order valence-corrected chi connectivity index (χ1v) is 11.9. The highest BCUT2D eigenvalue weighted by Crippen LogP contribution is 2.41. The number of hydrogen-bond acceptors (Lipinski definition) is 3. The highest BCUT2D eigenvalue weighted by atomic mass is 16.7. The molecule has 0 N–H and O–H groups in total. The Labute approximate surface area is 184 Å². The second kappa shape index (κ2) is 11.6. The molecule has 1 aromatic rings. The highest BCUT2D eigenvalue weighted by Gasteiger charge is 2.23. The van der Waals surface area contributed by atoms with Crippen molar-refractivity contribution in [1.82, 2.24) is 4.90 Å². The fourth-order valence-electron chi connectivity index (χ4n) is 4.25. The lowest BCUT2D eigenvalue weighted by Gasteiger charge is -2.30. The maximum Gasteiger partial charge on any atom is 0.231 e. The van der Waals surface area contributed by atoms with E-state index in [4.69, 9.17) is 9.47 Å². The third kappa shape index (κ3) is 6.92. The Morgan fingerprint density at radius 1 is 1.20 bits per heavy atom. The van der Waals surface area contributed by atoms with E-state index >= 15 is 0 Å². The van der Waals surface area contributed by atoms with Crippen LogP contribution in [0.4, 0.5) is 0 Å². The second-order valence-electron chi connectivity index (χ2n) is 9.85. The monoisotopic (exact) mass is 417 g/mol. The first kappa shape index (κ1) is 24.6. The van der Waals surface area contributed by atoms with Gasteiger partial charge >= 0.3 is 0 Å². The van der Waals surface area contributed by atoms with Crippen LogP contribution in [0.1, 0.15) is 97.1 Å². The molecule has 2 rings (SSSR count). The van der Waals surface area contributed by atoms with Crippen LogP contribution in [0.2, 0.25) is 0 Å². The first-order chi connectivity index (χ1) is 14.3. The molecule has 0 spiro atoms. The quantitative estimate of drug-likeness (QED) is 0.322. The van der Waals surface area contributed by atoms with Crippen LogP contribution < -0.4 is 9.47 Å². The summed E-state index contributed by atoms with van der Waals surface area (Å²) in [6.07, 6.45) is 8.78. The lowest BCUT2D eigenvalue weighted by molar-refractivity contribution is -0.119. The number of ether oxygens (including phenoxy) is 2. The minimum Gasteiger partial charge on any atom is -0.454 e. The van der Waals surface area contributed by atoms with Crippen LogP contribution in [-0.2, 0) is 11.2 Å². The van der Waals surface area contributed by atoms with E-state index < -0.39 is 0 Å². The van der Waals surface area contributed by atoms with Gasteiger partial charge < -0.3 is 14.4 Å². The molecule has 0 aromatic heterocycles. The topological polar surface area (TPSA) is 38.8 Å². The Balaban J connectivity index is 2.01. The minimum atomic E-state index is 0.178. The zero-order valence-corrected chi connectivity index (χ0v) is 20.1. The summed E-state index contributed by atoms with van der Waals surface area (Å²) in [7, 11) is 0. The smallest absolute Gasteiger partial charge is 0.231 e. The van der Waals surface area contributed by atoms with Crippen molar-refractivity contribution in [3.63, 3.8) is 0 Å². The number of unbranched alkanes of at least 4 members (excludes halogenated alkanes) is 1. The number of carbonyl (C=O) groups is 1. The zero-order chi connectivity index (χ0) is 22.1. The average molecular weight is 418 g/mol. The number of aryl methyl sites for hydroxylation is 1. The predicted octanol–water partition coefficient (Wildman–Crippen LogP) is 6.56. The van der Waals surface area contributed by atoms with Gasteiger partial charge in [0.05, 0.1) is 0 Å². The maximum absolute atomic E-state index is 11.5. The summed E-state index contributed by atoms with van der Waals surface area (Å²) in [5, 5.41) is 0. The van der Waals surface area contributed by atoms with Crippen molar-refractivity contribution in [3.8, 4) is 11.5 Å². The third-order valence-corrected chi connectivity index (χ3v) is 6.67. The molecule has 1 aliphatic heterocycles. The number of rotatable bonds is 14. The molecule has 0 saturated carbocycles. The van der Waals surface area contributed by atoms with Crippen molar-refractivity contribution in [1.29, 1.82) is 0 Å². The highest BCUT2D eigenvalue weighted by molar-refractivity contribution is 5.52. The number of fused-ring (bicyclic) bond motifs is 1. The number of carbonyl (C=O) groups excluding carboxylic acids is 1. The van der Waals surface area contributed by atoms with Gasteiger partial charge in [-0.3, -0.25) is 4.79 Å². The number of hydrogen-bond donors (Lipinski definition) is 0. The van der Waals surface area contributed by atoms with Crippen LogP contribution in [0.25, 0.3) is 0 Å². The van der Waals surface area contributed by atoms with Gasteiger partial charge in [0.25, 0.3) is 0 Å². The van der Waals surface area contributed by atoms with Crippen molar-refractivity contribution in [2.75, 3.05) is 19.9 Å². The number of amides is 1. The Hall–Kier alpha value is -1.71. The summed E-state index contributed by atoms with van der Waals surface area (Å²) < 4.78 is 11.5. The molecule has 4 heteroatoms. The van der Waals surface area contributed by atoms with Crippen LogP contribution in [0.3, 0.4) is 0 Å². The molecule has 2 atom stereocenters. The van der Waals surface area contributed by atoms with E-state index in [2.05, 4.69) is 53.7 Å². The fraction of sp³-hybridized carbons (Fsp3) is 0.731. The number of nitrogens with zero attached hydrogens (tertiary/aromatic N) is 1. The van der Waals surface area contributed by atoms with Gasteiger partial charge in [-0.1, -0.05) is 54.0 Å². The molecule has 4 nitrogen and oxygen atoms in total. The normalized spacial score (nSPS) is 15.1. The summed E-state index contributed by atoms with van der Waals surface area (Å²) in [6, 6.07) is 4.55. The van der Waals surface area contributed by atoms with Gasteiger partial charge in [-0.15, -0.1) is 0 Å². The molecule has 0 radical (unpaired) electrons. The average Bonchev–Trinajstić information content (AvgIpc) is 3.21. The van der Waals surface area contributed by atoms with Crippen LogP contribution in [-0.4, -0.2) is 31.2 Å². The van der Waals surface area contributed by atoms with Gasteiger partial charge in [-0.05, 0) is 73.0 Å². The van der Waals surface area contributed by atoms with Crippen molar-refractivity contribution >= 4 is 6.41 Å². The molecular weight excluding hydrogens is 374 g/mol. The van der Waals surface area contributed by atoms with Crippen molar-refractivity contribution in [2.24, 2.45) is 11.3 Å². The molecule has 1 aliphatic rings. The van der Waals surface area contributed by atoms with Crippen LogP contribution in [0, 0.1) is 11.3 Å². The van der Waals surface area contributed by atoms with E-state index in [9.17, 15) is 4.79 Å². The van der Waals surface area contributed by atoms with E-state index in [0.29, 0.717) is 18.6 Å². The molecule has 0 saturated heterocycles. The van der Waals surface area contributed by atoms with Crippen LogP contribution in [0.15, 0.2) is 12.1 Å². The molecule has 0 bridgehead atoms. The summed E-state index contributed by atoms with van der Waals surface area (Å²) in [5.74, 6) is 2.94. The van der Waals surface area contributed by atoms with Gasteiger partial charge in [0.2, 0.25) is 13.2 Å². The van der Waals surface area contributed by atoms with Gasteiger partial charge in [0, 0.05) is 13.1 Å². The molecule has 1 amide bonds. The standard InChI is InChI=1S/C26H43NO3/c1-7-10-11-22-15-23(16-24-25(22)30-19-29-24)21(8-2)14-20(4)12-13-27(18-28)17-26(5,6)9-3/h15-16,18,20-21H,7-14,17,19H2,1-6H3/t20?,21-/m0/s1. The molecule has 1 unspecified atom stereocenters. The zero-order valence-electron chi connectivity index (χ0n) is 20.1. The predicted molar refractivity (Wildman–Crippen MR) is 124 cm³/mol. The minimum absolute atomic E-state index is 0.178. The largest absolute Gasteiger partial charge is 0.454 e. The van der Waals surface area contributed by atoms with Crippen molar-refractivity contribution < 1.29 is 14.3 Å². The molecule has 1 heterocycles. The molecule has 0 fully saturated rings. The van der Waals surface area contributed by atoms with E-state index in [-0.39, 0.29) is 5.41 Å². The molecular formula is C26H43NO3. The molecule has 30 heavy (non-hydrogen) atoms. The molecule has 0 aliphatic carbocycles. The van der Waals surface area contributed by atoms with Gasteiger partial charge in [-0.25, -0.2) is 0 Å². The Bertz CT molecular complexity index is 670. The maximum atomic E-state index is 11.5. The molecule has 1 aromatic carbocycles. The van der Waals surface area contributed by atoms with Crippen molar-refractivity contribution in [2.45, 2.75) is 92.4 Å². The lowest BCUT2D eigenvalue weighted by Crippen LogP contribution is -2.34. The number of benzene rings is 1. The summed E-state index contributed by atoms with van der Waals surface area (Å²) in [5.41, 5.74) is 2.85. The summed E-state index contributed by atoms with van der Waals surface area (Å²) in [6.45, 7) is 15.5. The first-order valence-electron chi connectivity index (χ1n) is 11.9. The Kier molecular flexibility index (Phi) is 9.51. The molecule has 170 valence electrons. The van der Waals surface area contributed by atoms with Crippen molar-refractivity contribution in [3.05, 3.63) is 23.3 Å². The van der Waals surface area contributed by atoms with Crippen LogP contribution >= 0.6 is 0 Å². The SMILES string of the molecule is CCCCc1cc([C@@H](CC)CC(C)CCN(C=O)CC(C)(C)CC)cc2c1OCO2.